The summed E-state index contributed by atoms with van der Waals surface area (Å²) in [5, 5.41) is 8.33. The summed E-state index contributed by atoms with van der Waals surface area (Å²) in [5.41, 5.74) is 0.783. The fourth-order valence-corrected chi connectivity index (χ4v) is 3.72. The van der Waals surface area contributed by atoms with Gasteiger partial charge in [0.2, 0.25) is 0 Å². The third kappa shape index (κ3) is 3.38. The zero-order chi connectivity index (χ0) is 18.1. The van der Waals surface area contributed by atoms with Crippen LogP contribution in [0.25, 0.3) is 11.5 Å². The standard InChI is InChI=1S/C18H25N5O3/c1-22-11-13(10-19-22)17-20-16(21-26-17)14-6-4-3-5-9-23(14)18(24)15(25-2)12-7-8-12/h10-12,14-15H,3-9H2,1-2H3. The van der Waals surface area contributed by atoms with Crippen molar-refractivity contribution in [3.8, 4) is 11.5 Å². The number of aromatic nitrogens is 4. The van der Waals surface area contributed by atoms with E-state index >= 15 is 0 Å². The first kappa shape index (κ1) is 17.2. The molecule has 0 aromatic carbocycles. The number of likely N-dealkylation sites (tertiary alicyclic amines) is 1. The number of methoxy groups -OCH3 is 1. The van der Waals surface area contributed by atoms with Gasteiger partial charge in [0.25, 0.3) is 11.8 Å². The largest absolute Gasteiger partial charge is 0.371 e. The maximum absolute atomic E-state index is 13.1. The molecule has 2 aromatic rings. The van der Waals surface area contributed by atoms with Gasteiger partial charge in [-0.3, -0.25) is 9.48 Å². The van der Waals surface area contributed by atoms with Gasteiger partial charge >= 0.3 is 0 Å². The third-order valence-electron chi connectivity index (χ3n) is 5.27. The average molecular weight is 359 g/mol. The van der Waals surface area contributed by atoms with E-state index in [4.69, 9.17) is 9.26 Å². The summed E-state index contributed by atoms with van der Waals surface area (Å²) in [6, 6.07) is -0.157. The van der Waals surface area contributed by atoms with Crippen molar-refractivity contribution in [3.05, 3.63) is 18.2 Å². The van der Waals surface area contributed by atoms with Gasteiger partial charge in [-0.15, -0.1) is 0 Å². The second kappa shape index (κ2) is 7.19. The van der Waals surface area contributed by atoms with Gasteiger partial charge in [-0.1, -0.05) is 18.0 Å². The lowest BCUT2D eigenvalue weighted by Crippen LogP contribution is -2.43. The van der Waals surface area contributed by atoms with Gasteiger partial charge in [0, 0.05) is 26.9 Å². The Morgan fingerprint density at radius 2 is 2.15 bits per heavy atom. The quantitative estimate of drug-likeness (QED) is 0.814. The van der Waals surface area contributed by atoms with Crippen molar-refractivity contribution in [2.75, 3.05) is 13.7 Å². The lowest BCUT2D eigenvalue weighted by molar-refractivity contribution is -0.146. The van der Waals surface area contributed by atoms with Gasteiger partial charge in [0.15, 0.2) is 5.82 Å². The van der Waals surface area contributed by atoms with Gasteiger partial charge in [-0.25, -0.2) is 0 Å². The van der Waals surface area contributed by atoms with Crippen LogP contribution in [0, 0.1) is 5.92 Å². The van der Waals surface area contributed by atoms with Crippen LogP contribution in [0.3, 0.4) is 0 Å². The molecule has 26 heavy (non-hydrogen) atoms. The van der Waals surface area contributed by atoms with Crippen molar-refractivity contribution in [2.24, 2.45) is 13.0 Å². The maximum Gasteiger partial charge on any atom is 0.261 e. The Labute approximate surface area is 152 Å². The second-order valence-corrected chi connectivity index (χ2v) is 7.25. The Kier molecular flexibility index (Phi) is 4.76. The van der Waals surface area contributed by atoms with E-state index in [2.05, 4.69) is 15.2 Å². The van der Waals surface area contributed by atoms with E-state index in [-0.39, 0.29) is 18.1 Å². The zero-order valence-corrected chi connectivity index (χ0v) is 15.3. The minimum absolute atomic E-state index is 0.0645. The molecule has 2 aromatic heterocycles. The SMILES string of the molecule is COC(C(=O)N1CCCCCC1c1noc(-c2cnn(C)c2)n1)C1CC1. The molecule has 3 heterocycles. The Hall–Kier alpha value is -2.22. The van der Waals surface area contributed by atoms with E-state index in [1.807, 2.05) is 18.1 Å². The lowest BCUT2D eigenvalue weighted by Gasteiger charge is -2.31. The topological polar surface area (TPSA) is 86.3 Å². The molecule has 0 spiro atoms. The number of nitrogens with zero attached hydrogens (tertiary/aromatic N) is 5. The molecule has 0 bridgehead atoms. The molecule has 1 amide bonds. The Morgan fingerprint density at radius 1 is 1.31 bits per heavy atom. The number of hydrogen-bond acceptors (Lipinski definition) is 6. The first-order chi connectivity index (χ1) is 12.7. The van der Waals surface area contributed by atoms with Crippen molar-refractivity contribution < 1.29 is 14.1 Å². The van der Waals surface area contributed by atoms with Crippen molar-refractivity contribution in [1.29, 1.82) is 0 Å². The van der Waals surface area contributed by atoms with Crippen molar-refractivity contribution in [1.82, 2.24) is 24.8 Å². The highest BCUT2D eigenvalue weighted by Gasteiger charge is 2.41. The average Bonchev–Trinajstić information content (AvgIpc) is 3.27. The number of rotatable bonds is 5. The Morgan fingerprint density at radius 3 is 2.85 bits per heavy atom. The highest BCUT2D eigenvalue weighted by atomic mass is 16.5. The van der Waals surface area contributed by atoms with E-state index in [0.29, 0.717) is 24.2 Å². The normalized spacial score (nSPS) is 22.2. The number of aryl methyl sites for hydroxylation is 1. The Bertz CT molecular complexity index is 766. The van der Waals surface area contributed by atoms with Crippen LogP contribution in [-0.4, -0.2) is 50.5 Å². The monoisotopic (exact) mass is 359 g/mol. The number of hydrogen-bond donors (Lipinski definition) is 0. The van der Waals surface area contributed by atoms with Gasteiger partial charge in [0.05, 0.1) is 17.8 Å². The summed E-state index contributed by atoms with van der Waals surface area (Å²) in [7, 11) is 3.47. The molecular weight excluding hydrogens is 334 g/mol. The molecule has 140 valence electrons. The molecule has 1 saturated carbocycles. The van der Waals surface area contributed by atoms with Crippen molar-refractivity contribution in [2.45, 2.75) is 50.7 Å². The fraction of sp³-hybridized carbons (Fsp3) is 0.667. The van der Waals surface area contributed by atoms with Crippen LogP contribution in [-0.2, 0) is 16.6 Å². The molecule has 1 aliphatic heterocycles. The first-order valence-corrected chi connectivity index (χ1v) is 9.33. The van der Waals surface area contributed by atoms with E-state index in [0.717, 1.165) is 44.1 Å². The molecule has 1 saturated heterocycles. The summed E-state index contributed by atoms with van der Waals surface area (Å²) in [5.74, 6) is 1.43. The van der Waals surface area contributed by atoms with E-state index in [1.54, 1.807) is 18.0 Å². The minimum atomic E-state index is -0.347. The summed E-state index contributed by atoms with van der Waals surface area (Å²) in [4.78, 5) is 19.6. The van der Waals surface area contributed by atoms with Crippen LogP contribution >= 0.6 is 0 Å². The van der Waals surface area contributed by atoms with E-state index in [9.17, 15) is 4.79 Å². The van der Waals surface area contributed by atoms with Crippen LogP contribution < -0.4 is 0 Å². The lowest BCUT2D eigenvalue weighted by atomic mass is 10.1. The van der Waals surface area contributed by atoms with Crippen LogP contribution in [0.5, 0.6) is 0 Å². The molecule has 1 aliphatic carbocycles. The Balaban J connectivity index is 1.59. The predicted molar refractivity (Wildman–Crippen MR) is 92.9 cm³/mol. The summed E-state index contributed by atoms with van der Waals surface area (Å²) >= 11 is 0. The van der Waals surface area contributed by atoms with Crippen LogP contribution in [0.4, 0.5) is 0 Å². The summed E-state index contributed by atoms with van der Waals surface area (Å²) < 4.78 is 12.7. The van der Waals surface area contributed by atoms with E-state index in [1.165, 1.54) is 0 Å². The molecule has 8 nitrogen and oxygen atoms in total. The van der Waals surface area contributed by atoms with Gasteiger partial charge in [-0.05, 0) is 31.6 Å². The van der Waals surface area contributed by atoms with Crippen molar-refractivity contribution >= 4 is 5.91 Å². The number of ether oxygens (including phenoxy) is 1. The molecule has 2 atom stereocenters. The molecule has 2 unspecified atom stereocenters. The van der Waals surface area contributed by atoms with Gasteiger partial charge in [-0.2, -0.15) is 10.1 Å². The molecule has 0 N–H and O–H groups in total. The molecular formula is C18H25N5O3. The zero-order valence-electron chi connectivity index (χ0n) is 15.3. The molecule has 2 fully saturated rings. The molecule has 2 aliphatic rings. The van der Waals surface area contributed by atoms with Crippen LogP contribution in [0.15, 0.2) is 16.9 Å². The first-order valence-electron chi connectivity index (χ1n) is 9.33. The number of carbonyl (C=O) groups is 1. The van der Waals surface area contributed by atoms with Gasteiger partial charge < -0.3 is 14.2 Å². The second-order valence-electron chi connectivity index (χ2n) is 7.25. The highest BCUT2D eigenvalue weighted by Crippen LogP contribution is 2.37. The molecule has 4 rings (SSSR count). The van der Waals surface area contributed by atoms with E-state index < -0.39 is 0 Å². The van der Waals surface area contributed by atoms with Crippen LogP contribution in [0.2, 0.25) is 0 Å². The van der Waals surface area contributed by atoms with Crippen LogP contribution in [0.1, 0.15) is 50.4 Å². The summed E-state index contributed by atoms with van der Waals surface area (Å²) in [6.07, 6.45) is 9.31. The maximum atomic E-state index is 13.1. The number of amides is 1. The fourth-order valence-electron chi connectivity index (χ4n) is 3.72. The highest BCUT2D eigenvalue weighted by molar-refractivity contribution is 5.82. The smallest absolute Gasteiger partial charge is 0.261 e. The van der Waals surface area contributed by atoms with Crippen molar-refractivity contribution in [3.63, 3.8) is 0 Å². The molecule has 8 heteroatoms. The molecule has 0 radical (unpaired) electrons. The summed E-state index contributed by atoms with van der Waals surface area (Å²) in [6.45, 7) is 0.715. The van der Waals surface area contributed by atoms with Gasteiger partial charge in [0.1, 0.15) is 6.10 Å². The number of carbonyl (C=O) groups excluding carboxylic acids is 1. The third-order valence-corrected chi connectivity index (χ3v) is 5.27. The predicted octanol–water partition coefficient (Wildman–Crippen LogP) is 2.34. The minimum Gasteiger partial charge on any atom is -0.371 e.